The van der Waals surface area contributed by atoms with Crippen molar-refractivity contribution in [1.29, 1.82) is 0 Å². The van der Waals surface area contributed by atoms with E-state index in [9.17, 15) is 0 Å². The number of ether oxygens (including phenoxy) is 1. The summed E-state index contributed by atoms with van der Waals surface area (Å²) < 4.78 is 5.37. The van der Waals surface area contributed by atoms with Crippen molar-refractivity contribution in [1.82, 2.24) is 0 Å². The molecule has 1 radical (unpaired) electrons. The third-order valence-electron chi connectivity index (χ3n) is 2.82. The van der Waals surface area contributed by atoms with Gasteiger partial charge < -0.3 is 4.74 Å². The third-order valence-corrected chi connectivity index (χ3v) is 2.82. The lowest BCUT2D eigenvalue weighted by Gasteiger charge is -2.11. The highest BCUT2D eigenvalue weighted by Gasteiger charge is 2.27. The molecule has 0 aliphatic heterocycles. The quantitative estimate of drug-likeness (QED) is 0.706. The van der Waals surface area contributed by atoms with E-state index in [4.69, 9.17) is 4.74 Å². The lowest BCUT2D eigenvalue weighted by molar-refractivity contribution is 0.409. The van der Waals surface area contributed by atoms with Gasteiger partial charge in [-0.1, -0.05) is 26.0 Å². The smallest absolute Gasteiger partial charge is 0.122 e. The molecule has 1 aromatic carbocycles. The summed E-state index contributed by atoms with van der Waals surface area (Å²) in [4.78, 5) is 0. The maximum absolute atomic E-state index is 5.37. The summed E-state index contributed by atoms with van der Waals surface area (Å²) in [7, 11) is 1.75. The molecule has 1 fully saturated rings. The zero-order valence-electron chi connectivity index (χ0n) is 9.13. The second-order valence-corrected chi connectivity index (χ2v) is 4.23. The van der Waals surface area contributed by atoms with E-state index in [-0.39, 0.29) is 0 Å². The van der Waals surface area contributed by atoms with Gasteiger partial charge in [0.1, 0.15) is 5.75 Å². The minimum absolute atomic E-state index is 0.754. The molecule has 1 heteroatoms. The highest BCUT2D eigenvalue weighted by molar-refractivity contribution is 5.45. The molecule has 1 saturated carbocycles. The fourth-order valence-corrected chi connectivity index (χ4v) is 1.76. The average Bonchev–Trinajstić information content (AvgIpc) is 3.00. The highest BCUT2D eigenvalue weighted by atomic mass is 16.5. The monoisotopic (exact) mass is 189 g/mol. The Morgan fingerprint density at radius 1 is 1.29 bits per heavy atom. The number of benzene rings is 1. The predicted molar refractivity (Wildman–Crippen MR) is 58.7 cm³/mol. The third kappa shape index (κ3) is 1.77. The van der Waals surface area contributed by atoms with Crippen molar-refractivity contribution in [3.05, 3.63) is 35.2 Å². The summed E-state index contributed by atoms with van der Waals surface area (Å²) >= 11 is 0. The van der Waals surface area contributed by atoms with Crippen molar-refractivity contribution in [3.63, 3.8) is 0 Å². The molecule has 14 heavy (non-hydrogen) atoms. The minimum Gasteiger partial charge on any atom is -0.496 e. The summed E-state index contributed by atoms with van der Waals surface area (Å²) in [5.41, 5.74) is 2.74. The van der Waals surface area contributed by atoms with Gasteiger partial charge in [0, 0.05) is 0 Å². The number of hydrogen-bond donors (Lipinski definition) is 0. The molecular formula is C13H17O. The van der Waals surface area contributed by atoms with Crippen molar-refractivity contribution in [2.24, 2.45) is 0 Å². The van der Waals surface area contributed by atoms with E-state index in [1.165, 1.54) is 29.9 Å². The summed E-state index contributed by atoms with van der Waals surface area (Å²) in [5.74, 6) is 3.18. The van der Waals surface area contributed by atoms with Gasteiger partial charge in [-0.2, -0.15) is 0 Å². The Balaban J connectivity index is 2.36. The molecule has 0 spiro atoms. The summed E-state index contributed by atoms with van der Waals surface area (Å²) in [6.45, 7) is 4.30. The van der Waals surface area contributed by atoms with Crippen LogP contribution in [0.3, 0.4) is 0 Å². The Labute approximate surface area is 86.1 Å². The molecule has 0 N–H and O–H groups in total. The molecular weight excluding hydrogens is 172 g/mol. The summed E-state index contributed by atoms with van der Waals surface area (Å²) in [5, 5.41) is 0. The normalized spacial score (nSPS) is 16.0. The zero-order chi connectivity index (χ0) is 10.1. The van der Waals surface area contributed by atoms with Crippen LogP contribution in [0.2, 0.25) is 0 Å². The fraction of sp³-hybridized carbons (Fsp3) is 0.462. The molecule has 0 saturated heterocycles. The zero-order valence-corrected chi connectivity index (χ0v) is 9.13. The van der Waals surface area contributed by atoms with E-state index in [1.807, 2.05) is 0 Å². The summed E-state index contributed by atoms with van der Waals surface area (Å²) in [6, 6.07) is 6.52. The molecule has 75 valence electrons. The average molecular weight is 189 g/mol. The fourth-order valence-electron chi connectivity index (χ4n) is 1.76. The van der Waals surface area contributed by atoms with Crippen LogP contribution in [-0.4, -0.2) is 7.11 Å². The second-order valence-electron chi connectivity index (χ2n) is 4.23. The van der Waals surface area contributed by atoms with Crippen LogP contribution in [0, 0.1) is 5.92 Å². The molecule has 0 amide bonds. The Bertz CT molecular complexity index is 324. The van der Waals surface area contributed by atoms with E-state index >= 15 is 0 Å². The first-order chi connectivity index (χ1) is 6.72. The van der Waals surface area contributed by atoms with E-state index in [0.717, 1.165) is 11.7 Å². The van der Waals surface area contributed by atoms with Gasteiger partial charge in [0.2, 0.25) is 0 Å². The molecule has 1 aliphatic rings. The van der Waals surface area contributed by atoms with Gasteiger partial charge >= 0.3 is 0 Å². The Morgan fingerprint density at radius 2 is 2.00 bits per heavy atom. The molecule has 0 atom stereocenters. The SMILES string of the molecule is COc1ccc([C](C)C)cc1C1CC1. The number of hydrogen-bond acceptors (Lipinski definition) is 1. The van der Waals surface area contributed by atoms with E-state index in [1.54, 1.807) is 7.11 Å². The highest BCUT2D eigenvalue weighted by Crippen LogP contribution is 2.44. The van der Waals surface area contributed by atoms with Gasteiger partial charge in [0.05, 0.1) is 7.11 Å². The molecule has 1 aromatic rings. The Hall–Kier alpha value is -0.980. The van der Waals surface area contributed by atoms with Gasteiger partial charge in [-0.05, 0) is 41.9 Å². The topological polar surface area (TPSA) is 9.23 Å². The number of rotatable bonds is 3. The minimum atomic E-state index is 0.754. The largest absolute Gasteiger partial charge is 0.496 e. The van der Waals surface area contributed by atoms with Crippen LogP contribution in [-0.2, 0) is 0 Å². The van der Waals surface area contributed by atoms with Crippen LogP contribution in [0.25, 0.3) is 0 Å². The predicted octanol–water partition coefficient (Wildman–Crippen LogP) is 3.53. The molecule has 0 aromatic heterocycles. The van der Waals surface area contributed by atoms with E-state index < -0.39 is 0 Å². The first-order valence-electron chi connectivity index (χ1n) is 5.21. The van der Waals surface area contributed by atoms with Crippen molar-refractivity contribution in [3.8, 4) is 5.75 Å². The molecule has 2 rings (SSSR count). The van der Waals surface area contributed by atoms with Gasteiger partial charge in [0.15, 0.2) is 0 Å². The van der Waals surface area contributed by atoms with Crippen molar-refractivity contribution in [2.75, 3.05) is 7.11 Å². The van der Waals surface area contributed by atoms with Gasteiger partial charge in [0.25, 0.3) is 0 Å². The molecule has 0 heterocycles. The maximum atomic E-state index is 5.37. The van der Waals surface area contributed by atoms with Crippen molar-refractivity contribution >= 4 is 0 Å². The Kier molecular flexibility index (Phi) is 2.49. The molecule has 0 bridgehead atoms. The van der Waals surface area contributed by atoms with Crippen LogP contribution in [0.5, 0.6) is 5.75 Å². The van der Waals surface area contributed by atoms with Crippen LogP contribution in [0.4, 0.5) is 0 Å². The molecule has 1 aliphatic carbocycles. The van der Waals surface area contributed by atoms with E-state index in [0.29, 0.717) is 0 Å². The van der Waals surface area contributed by atoms with Gasteiger partial charge in [-0.15, -0.1) is 0 Å². The first kappa shape index (κ1) is 9.57. The first-order valence-corrected chi connectivity index (χ1v) is 5.21. The lowest BCUT2D eigenvalue weighted by atomic mass is 9.98. The van der Waals surface area contributed by atoms with Crippen molar-refractivity contribution in [2.45, 2.75) is 32.6 Å². The Morgan fingerprint density at radius 3 is 2.50 bits per heavy atom. The van der Waals surface area contributed by atoms with E-state index in [2.05, 4.69) is 32.0 Å². The van der Waals surface area contributed by atoms with Crippen LogP contribution >= 0.6 is 0 Å². The lowest BCUT2D eigenvalue weighted by Crippen LogP contribution is -1.94. The standard InChI is InChI=1S/C13H17O/c1-9(2)11-6-7-13(14-3)12(8-11)10-4-5-10/h6-8,10H,4-5H2,1-3H3. The van der Waals surface area contributed by atoms with Crippen LogP contribution < -0.4 is 4.74 Å². The molecule has 0 unspecified atom stereocenters. The van der Waals surface area contributed by atoms with Crippen molar-refractivity contribution < 1.29 is 4.74 Å². The second kappa shape index (κ2) is 3.64. The van der Waals surface area contributed by atoms with Crippen LogP contribution in [0.15, 0.2) is 18.2 Å². The maximum Gasteiger partial charge on any atom is 0.122 e. The van der Waals surface area contributed by atoms with Crippen LogP contribution in [0.1, 0.15) is 43.7 Å². The van der Waals surface area contributed by atoms with Gasteiger partial charge in [-0.25, -0.2) is 0 Å². The van der Waals surface area contributed by atoms with Gasteiger partial charge in [-0.3, -0.25) is 0 Å². The number of methoxy groups -OCH3 is 1. The summed E-state index contributed by atoms with van der Waals surface area (Å²) in [6.07, 6.45) is 2.64. The molecule has 1 nitrogen and oxygen atoms in total.